The standard InChI is InChI=1S/C23H29N5O/c1-18-8-10-19(11-9-18)22(26(2)3)17-25-23(29)28-14-12-27(13-15-28)21-7-5-4-6-20(21)16-24/h4-11,22H,12-15,17H2,1-3H3,(H,25,29). The third-order valence-electron chi connectivity index (χ3n) is 5.46. The van der Waals surface area contributed by atoms with E-state index in [4.69, 9.17) is 0 Å². The number of nitriles is 1. The summed E-state index contributed by atoms with van der Waals surface area (Å²) >= 11 is 0. The van der Waals surface area contributed by atoms with Crippen LogP contribution in [0.25, 0.3) is 0 Å². The SMILES string of the molecule is Cc1ccc(C(CNC(=O)N2CCN(c3ccccc3C#N)CC2)N(C)C)cc1. The van der Waals surface area contributed by atoms with Crippen LogP contribution in [0.1, 0.15) is 22.7 Å². The maximum atomic E-state index is 12.7. The molecule has 0 spiro atoms. The minimum absolute atomic E-state index is 0.0304. The largest absolute Gasteiger partial charge is 0.367 e. The number of hydrogen-bond acceptors (Lipinski definition) is 4. The van der Waals surface area contributed by atoms with Crippen LogP contribution in [0.2, 0.25) is 0 Å². The maximum Gasteiger partial charge on any atom is 0.317 e. The summed E-state index contributed by atoms with van der Waals surface area (Å²) in [5.74, 6) is 0. The molecule has 29 heavy (non-hydrogen) atoms. The summed E-state index contributed by atoms with van der Waals surface area (Å²) < 4.78 is 0. The van der Waals surface area contributed by atoms with Gasteiger partial charge in [-0.3, -0.25) is 0 Å². The van der Waals surface area contributed by atoms with Crippen LogP contribution in [0.4, 0.5) is 10.5 Å². The number of nitrogens with zero attached hydrogens (tertiary/aromatic N) is 4. The number of rotatable bonds is 5. The fourth-order valence-corrected chi connectivity index (χ4v) is 3.68. The zero-order chi connectivity index (χ0) is 20.8. The molecule has 6 heteroatoms. The lowest BCUT2D eigenvalue weighted by molar-refractivity contribution is 0.189. The van der Waals surface area contributed by atoms with Crippen molar-refractivity contribution in [3.05, 3.63) is 65.2 Å². The van der Waals surface area contributed by atoms with Crippen LogP contribution in [0, 0.1) is 18.3 Å². The van der Waals surface area contributed by atoms with Gasteiger partial charge in [0.1, 0.15) is 6.07 Å². The van der Waals surface area contributed by atoms with E-state index < -0.39 is 0 Å². The quantitative estimate of drug-likeness (QED) is 0.851. The van der Waals surface area contributed by atoms with Crippen LogP contribution in [0.15, 0.2) is 48.5 Å². The Kier molecular flexibility index (Phi) is 6.73. The van der Waals surface area contributed by atoms with Crippen molar-refractivity contribution in [3.63, 3.8) is 0 Å². The second-order valence-electron chi connectivity index (χ2n) is 7.68. The van der Waals surface area contributed by atoms with E-state index in [0.717, 1.165) is 18.8 Å². The number of nitrogens with one attached hydrogen (secondary N) is 1. The smallest absolute Gasteiger partial charge is 0.317 e. The first-order valence-electron chi connectivity index (χ1n) is 9.99. The van der Waals surface area contributed by atoms with Crippen LogP contribution in [-0.2, 0) is 0 Å². The van der Waals surface area contributed by atoms with Gasteiger partial charge in [0.2, 0.25) is 0 Å². The van der Waals surface area contributed by atoms with E-state index >= 15 is 0 Å². The zero-order valence-electron chi connectivity index (χ0n) is 17.4. The second kappa shape index (κ2) is 9.44. The number of carbonyl (C=O) groups excluding carboxylic acids is 1. The topological polar surface area (TPSA) is 62.6 Å². The van der Waals surface area contributed by atoms with Crippen LogP contribution < -0.4 is 10.2 Å². The summed E-state index contributed by atoms with van der Waals surface area (Å²) in [7, 11) is 4.06. The van der Waals surface area contributed by atoms with Gasteiger partial charge in [-0.25, -0.2) is 4.79 Å². The molecule has 3 rings (SSSR count). The Morgan fingerprint density at radius 3 is 2.38 bits per heavy atom. The molecule has 1 aliphatic heterocycles. The summed E-state index contributed by atoms with van der Waals surface area (Å²) in [4.78, 5) is 18.9. The van der Waals surface area contributed by atoms with Crippen LogP contribution in [-0.4, -0.2) is 62.7 Å². The number of anilines is 1. The summed E-state index contributed by atoms with van der Waals surface area (Å²) in [6, 6.07) is 18.4. The minimum atomic E-state index is -0.0304. The van der Waals surface area contributed by atoms with Gasteiger partial charge in [0.05, 0.1) is 17.3 Å². The second-order valence-corrected chi connectivity index (χ2v) is 7.68. The van der Waals surface area contributed by atoms with Gasteiger partial charge >= 0.3 is 6.03 Å². The molecule has 6 nitrogen and oxygen atoms in total. The first-order chi connectivity index (χ1) is 14.0. The molecule has 2 amide bonds. The highest BCUT2D eigenvalue weighted by molar-refractivity contribution is 5.74. The number of benzene rings is 2. The Bertz CT molecular complexity index is 864. The summed E-state index contributed by atoms with van der Waals surface area (Å²) in [6.45, 7) is 5.37. The number of carbonyl (C=O) groups is 1. The molecule has 2 aromatic rings. The van der Waals surface area contributed by atoms with Crippen molar-refractivity contribution in [1.29, 1.82) is 5.26 Å². The Morgan fingerprint density at radius 1 is 1.10 bits per heavy atom. The molecule has 0 radical (unpaired) electrons. The van der Waals surface area contributed by atoms with Gasteiger partial charge in [-0.05, 0) is 38.7 Å². The highest BCUT2D eigenvalue weighted by Crippen LogP contribution is 2.21. The molecule has 1 heterocycles. The molecular weight excluding hydrogens is 362 g/mol. The van der Waals surface area contributed by atoms with Gasteiger partial charge < -0.3 is 20.0 Å². The first kappa shape index (κ1) is 20.7. The number of piperazine rings is 1. The summed E-state index contributed by atoms with van der Waals surface area (Å²) in [5.41, 5.74) is 4.05. The fraction of sp³-hybridized carbons (Fsp3) is 0.391. The van der Waals surface area contributed by atoms with Gasteiger partial charge in [0, 0.05) is 32.7 Å². The lowest BCUT2D eigenvalue weighted by Crippen LogP contribution is -2.52. The van der Waals surface area contributed by atoms with E-state index in [2.05, 4.69) is 52.4 Å². The predicted molar refractivity (Wildman–Crippen MR) is 116 cm³/mol. The Balaban J connectivity index is 1.55. The van der Waals surface area contributed by atoms with E-state index in [9.17, 15) is 10.1 Å². The first-order valence-corrected chi connectivity index (χ1v) is 9.99. The normalized spacial score (nSPS) is 15.1. The van der Waals surface area contributed by atoms with Crippen LogP contribution >= 0.6 is 0 Å². The third kappa shape index (κ3) is 5.07. The molecule has 0 aliphatic carbocycles. The van der Waals surface area contributed by atoms with E-state index in [1.165, 1.54) is 11.1 Å². The van der Waals surface area contributed by atoms with Crippen LogP contribution in [0.5, 0.6) is 0 Å². The molecule has 1 atom stereocenters. The van der Waals surface area contributed by atoms with E-state index in [1.807, 2.05) is 43.3 Å². The fourth-order valence-electron chi connectivity index (χ4n) is 3.68. The molecular formula is C23H29N5O. The minimum Gasteiger partial charge on any atom is -0.367 e. The lowest BCUT2D eigenvalue weighted by atomic mass is 10.0. The van der Waals surface area contributed by atoms with E-state index in [0.29, 0.717) is 25.2 Å². The Labute approximate surface area is 173 Å². The molecule has 0 aromatic heterocycles. The average Bonchev–Trinajstić information content (AvgIpc) is 2.75. The van der Waals surface area contributed by atoms with Gasteiger partial charge in [0.15, 0.2) is 0 Å². The van der Waals surface area contributed by atoms with Gasteiger partial charge in [-0.15, -0.1) is 0 Å². The van der Waals surface area contributed by atoms with Gasteiger partial charge in [-0.1, -0.05) is 42.0 Å². The van der Waals surface area contributed by atoms with Crippen molar-refractivity contribution in [2.24, 2.45) is 0 Å². The predicted octanol–water partition coefficient (Wildman–Crippen LogP) is 3.00. The number of amides is 2. The Morgan fingerprint density at radius 2 is 1.76 bits per heavy atom. The number of para-hydroxylation sites is 1. The van der Waals surface area contributed by atoms with Gasteiger partial charge in [0.25, 0.3) is 0 Å². The average molecular weight is 392 g/mol. The maximum absolute atomic E-state index is 12.7. The van der Waals surface area contributed by atoms with E-state index in [-0.39, 0.29) is 12.1 Å². The third-order valence-corrected chi connectivity index (χ3v) is 5.46. The van der Waals surface area contributed by atoms with Crippen molar-refractivity contribution in [2.75, 3.05) is 51.7 Å². The summed E-state index contributed by atoms with van der Waals surface area (Å²) in [6.07, 6.45) is 0. The van der Waals surface area contributed by atoms with Crippen molar-refractivity contribution in [2.45, 2.75) is 13.0 Å². The van der Waals surface area contributed by atoms with Crippen molar-refractivity contribution in [3.8, 4) is 6.07 Å². The van der Waals surface area contributed by atoms with Crippen molar-refractivity contribution in [1.82, 2.24) is 15.1 Å². The highest BCUT2D eigenvalue weighted by Gasteiger charge is 2.23. The zero-order valence-corrected chi connectivity index (χ0v) is 17.4. The Hall–Kier alpha value is -3.04. The molecule has 0 bridgehead atoms. The van der Waals surface area contributed by atoms with Crippen molar-refractivity contribution >= 4 is 11.7 Å². The highest BCUT2D eigenvalue weighted by atomic mass is 16.2. The molecule has 0 saturated carbocycles. The molecule has 1 saturated heterocycles. The molecule has 2 aromatic carbocycles. The van der Waals surface area contributed by atoms with E-state index in [1.54, 1.807) is 0 Å². The summed E-state index contributed by atoms with van der Waals surface area (Å²) in [5, 5.41) is 12.4. The van der Waals surface area contributed by atoms with Crippen molar-refractivity contribution < 1.29 is 4.79 Å². The number of aryl methyl sites for hydroxylation is 1. The lowest BCUT2D eigenvalue weighted by Gasteiger charge is -2.36. The number of hydrogen-bond donors (Lipinski definition) is 1. The number of urea groups is 1. The molecule has 1 fully saturated rings. The molecule has 1 unspecified atom stereocenters. The van der Waals surface area contributed by atoms with Gasteiger partial charge in [-0.2, -0.15) is 5.26 Å². The number of likely N-dealkylation sites (N-methyl/N-ethyl adjacent to an activating group) is 1. The molecule has 152 valence electrons. The molecule has 1 N–H and O–H groups in total. The monoisotopic (exact) mass is 391 g/mol. The molecule has 1 aliphatic rings. The van der Waals surface area contributed by atoms with Crippen LogP contribution in [0.3, 0.4) is 0 Å².